The van der Waals surface area contributed by atoms with Crippen molar-refractivity contribution in [1.29, 1.82) is 0 Å². The number of nitrogens with one attached hydrogen (secondary N) is 1. The van der Waals surface area contributed by atoms with Gasteiger partial charge >= 0.3 is 0 Å². The van der Waals surface area contributed by atoms with E-state index in [0.29, 0.717) is 6.61 Å². The van der Waals surface area contributed by atoms with Crippen LogP contribution in [0.1, 0.15) is 5.56 Å². The molecule has 1 heterocycles. The Hall–Kier alpha value is -2.38. The summed E-state index contributed by atoms with van der Waals surface area (Å²) in [6.07, 6.45) is 1.58. The lowest BCUT2D eigenvalue weighted by atomic mass is 10.2. The SMILES string of the molecule is Cl.Ic1ccc2ncnc(Nc3ccc(OCc4ccccc4)cc3)c2c1. The molecular formula is C21H17ClIN3O. The van der Waals surface area contributed by atoms with Gasteiger partial charge in [-0.3, -0.25) is 0 Å². The zero-order valence-electron chi connectivity index (χ0n) is 14.3. The Kier molecular flexibility index (Phi) is 6.47. The molecule has 0 aliphatic rings. The van der Waals surface area contributed by atoms with Gasteiger partial charge in [-0.2, -0.15) is 0 Å². The summed E-state index contributed by atoms with van der Waals surface area (Å²) in [6, 6.07) is 24.1. The summed E-state index contributed by atoms with van der Waals surface area (Å²) in [4.78, 5) is 8.70. The lowest BCUT2D eigenvalue weighted by Gasteiger charge is -2.10. The van der Waals surface area contributed by atoms with Crippen molar-refractivity contribution in [3.63, 3.8) is 0 Å². The number of aromatic nitrogens is 2. The highest BCUT2D eigenvalue weighted by molar-refractivity contribution is 14.1. The molecule has 0 amide bonds. The summed E-state index contributed by atoms with van der Waals surface area (Å²) >= 11 is 2.29. The van der Waals surface area contributed by atoms with E-state index in [-0.39, 0.29) is 12.4 Å². The summed E-state index contributed by atoms with van der Waals surface area (Å²) in [5.74, 6) is 1.63. The topological polar surface area (TPSA) is 47.0 Å². The number of halogens is 2. The Morgan fingerprint density at radius 1 is 0.889 bits per heavy atom. The van der Waals surface area contributed by atoms with Gasteiger partial charge in [0.1, 0.15) is 24.5 Å². The van der Waals surface area contributed by atoms with Crippen molar-refractivity contribution in [2.24, 2.45) is 0 Å². The molecule has 1 aromatic heterocycles. The fraction of sp³-hybridized carbons (Fsp3) is 0.0476. The number of rotatable bonds is 5. The third kappa shape index (κ3) is 4.87. The van der Waals surface area contributed by atoms with Gasteiger partial charge in [0, 0.05) is 14.6 Å². The normalized spacial score (nSPS) is 10.3. The molecule has 4 rings (SSSR count). The predicted molar refractivity (Wildman–Crippen MR) is 120 cm³/mol. The molecule has 0 radical (unpaired) electrons. The van der Waals surface area contributed by atoms with E-state index in [1.54, 1.807) is 6.33 Å². The van der Waals surface area contributed by atoms with E-state index in [1.807, 2.05) is 54.6 Å². The molecule has 136 valence electrons. The highest BCUT2D eigenvalue weighted by Crippen LogP contribution is 2.25. The fourth-order valence-corrected chi connectivity index (χ4v) is 3.13. The van der Waals surface area contributed by atoms with Crippen molar-refractivity contribution in [2.45, 2.75) is 6.61 Å². The largest absolute Gasteiger partial charge is 0.489 e. The fourth-order valence-electron chi connectivity index (χ4n) is 2.64. The Morgan fingerprint density at radius 2 is 1.67 bits per heavy atom. The van der Waals surface area contributed by atoms with E-state index in [4.69, 9.17) is 4.74 Å². The van der Waals surface area contributed by atoms with E-state index < -0.39 is 0 Å². The number of nitrogens with zero attached hydrogens (tertiary/aromatic N) is 2. The number of hydrogen-bond acceptors (Lipinski definition) is 4. The van der Waals surface area contributed by atoms with Gasteiger partial charge in [0.2, 0.25) is 0 Å². The molecule has 6 heteroatoms. The molecule has 0 fully saturated rings. The van der Waals surface area contributed by atoms with Crippen LogP contribution in [0.15, 0.2) is 79.1 Å². The number of benzene rings is 3. The average Bonchev–Trinajstić information content (AvgIpc) is 2.69. The van der Waals surface area contributed by atoms with Crippen LogP contribution in [-0.4, -0.2) is 9.97 Å². The third-order valence-electron chi connectivity index (χ3n) is 3.96. The first-order valence-corrected chi connectivity index (χ1v) is 9.30. The van der Waals surface area contributed by atoms with Crippen LogP contribution in [0, 0.1) is 3.57 Å². The Labute approximate surface area is 177 Å². The molecule has 3 aromatic carbocycles. The Bertz CT molecular complexity index is 1030. The van der Waals surface area contributed by atoms with E-state index >= 15 is 0 Å². The molecule has 0 saturated carbocycles. The molecule has 0 unspecified atom stereocenters. The first-order chi connectivity index (χ1) is 12.8. The zero-order valence-corrected chi connectivity index (χ0v) is 17.3. The molecule has 0 atom stereocenters. The molecule has 27 heavy (non-hydrogen) atoms. The summed E-state index contributed by atoms with van der Waals surface area (Å²) in [6.45, 7) is 0.558. The number of ether oxygens (including phenoxy) is 1. The molecule has 1 N–H and O–H groups in total. The standard InChI is InChI=1S/C21H16IN3O.ClH/c22-16-6-11-20-19(12-16)21(24-14-23-20)25-17-7-9-18(10-8-17)26-13-15-4-2-1-3-5-15;/h1-12,14H,13H2,(H,23,24,25);1H. The average molecular weight is 490 g/mol. The predicted octanol–water partition coefficient (Wildman–Crippen LogP) is 5.98. The maximum atomic E-state index is 5.83. The summed E-state index contributed by atoms with van der Waals surface area (Å²) in [5.41, 5.74) is 3.03. The van der Waals surface area contributed by atoms with Crippen molar-refractivity contribution in [2.75, 3.05) is 5.32 Å². The van der Waals surface area contributed by atoms with E-state index in [2.05, 4.69) is 56.1 Å². The van der Waals surface area contributed by atoms with Gasteiger partial charge < -0.3 is 10.1 Å². The van der Waals surface area contributed by atoms with Crippen LogP contribution in [0.4, 0.5) is 11.5 Å². The van der Waals surface area contributed by atoms with Gasteiger partial charge in [0.05, 0.1) is 5.52 Å². The van der Waals surface area contributed by atoms with Crippen LogP contribution in [0.2, 0.25) is 0 Å². The van der Waals surface area contributed by atoms with Crippen molar-refractivity contribution < 1.29 is 4.74 Å². The van der Waals surface area contributed by atoms with Gasteiger partial charge in [-0.15, -0.1) is 12.4 Å². The minimum absolute atomic E-state index is 0. The smallest absolute Gasteiger partial charge is 0.141 e. The van der Waals surface area contributed by atoms with Crippen molar-refractivity contribution in [1.82, 2.24) is 9.97 Å². The monoisotopic (exact) mass is 489 g/mol. The van der Waals surface area contributed by atoms with Gasteiger partial charge in [-0.1, -0.05) is 30.3 Å². The first-order valence-electron chi connectivity index (χ1n) is 8.22. The van der Waals surface area contributed by atoms with Crippen LogP contribution >= 0.6 is 35.0 Å². The molecule has 0 bridgehead atoms. The molecule has 4 aromatic rings. The van der Waals surface area contributed by atoms with Crippen molar-refractivity contribution in [3.8, 4) is 5.75 Å². The molecule has 0 aliphatic heterocycles. The highest BCUT2D eigenvalue weighted by atomic mass is 127. The Balaban J connectivity index is 0.00000210. The van der Waals surface area contributed by atoms with Crippen LogP contribution in [-0.2, 0) is 6.61 Å². The second-order valence-electron chi connectivity index (χ2n) is 5.81. The minimum Gasteiger partial charge on any atom is -0.489 e. The quantitative estimate of drug-likeness (QED) is 0.350. The summed E-state index contributed by atoms with van der Waals surface area (Å²) in [5, 5.41) is 4.37. The lowest BCUT2D eigenvalue weighted by molar-refractivity contribution is 0.306. The maximum Gasteiger partial charge on any atom is 0.141 e. The van der Waals surface area contributed by atoms with Gasteiger partial charge in [0.25, 0.3) is 0 Å². The Morgan fingerprint density at radius 3 is 2.44 bits per heavy atom. The minimum atomic E-state index is 0. The molecular weight excluding hydrogens is 473 g/mol. The van der Waals surface area contributed by atoms with E-state index in [1.165, 1.54) is 0 Å². The number of anilines is 2. The molecule has 0 saturated heterocycles. The van der Waals surface area contributed by atoms with Gasteiger partial charge in [-0.05, 0) is 70.6 Å². The second-order valence-corrected chi connectivity index (χ2v) is 7.05. The molecule has 0 spiro atoms. The van der Waals surface area contributed by atoms with Crippen molar-refractivity contribution >= 4 is 57.4 Å². The molecule has 4 nitrogen and oxygen atoms in total. The number of hydrogen-bond donors (Lipinski definition) is 1. The van der Waals surface area contributed by atoms with Crippen LogP contribution in [0.5, 0.6) is 5.75 Å². The van der Waals surface area contributed by atoms with Crippen LogP contribution in [0.25, 0.3) is 10.9 Å². The van der Waals surface area contributed by atoms with Gasteiger partial charge in [-0.25, -0.2) is 9.97 Å². The summed E-state index contributed by atoms with van der Waals surface area (Å²) < 4.78 is 6.98. The third-order valence-corrected chi connectivity index (χ3v) is 4.63. The van der Waals surface area contributed by atoms with Crippen molar-refractivity contribution in [3.05, 3.63) is 88.3 Å². The summed E-state index contributed by atoms with van der Waals surface area (Å²) in [7, 11) is 0. The zero-order chi connectivity index (χ0) is 17.8. The first kappa shape index (κ1) is 19.4. The van der Waals surface area contributed by atoms with E-state index in [0.717, 1.165) is 37.3 Å². The highest BCUT2D eigenvalue weighted by Gasteiger charge is 2.05. The van der Waals surface area contributed by atoms with Crippen LogP contribution < -0.4 is 10.1 Å². The second kappa shape index (κ2) is 9.01. The molecule has 0 aliphatic carbocycles. The van der Waals surface area contributed by atoms with E-state index in [9.17, 15) is 0 Å². The number of fused-ring (bicyclic) bond motifs is 1. The lowest BCUT2D eigenvalue weighted by Crippen LogP contribution is -1.97. The maximum absolute atomic E-state index is 5.83. The van der Waals surface area contributed by atoms with Gasteiger partial charge in [0.15, 0.2) is 0 Å². The van der Waals surface area contributed by atoms with Crippen LogP contribution in [0.3, 0.4) is 0 Å².